The lowest BCUT2D eigenvalue weighted by molar-refractivity contribution is 0.569. The lowest BCUT2D eigenvalue weighted by Crippen LogP contribution is -2.61. The zero-order valence-corrected chi connectivity index (χ0v) is 58.8. The van der Waals surface area contributed by atoms with Gasteiger partial charge in [-0.05, 0) is 169 Å². The molecule has 0 amide bonds. The number of rotatable bonds is 9. The van der Waals surface area contributed by atoms with Crippen LogP contribution in [0.15, 0.2) is 297 Å². The number of hydrogen-bond acceptors (Lipinski definition) is 2. The number of para-hydroxylation sites is 1. The molecule has 0 spiro atoms. The number of nitrogens with zero attached hydrogens (tertiary/aromatic N) is 2. The fourth-order valence-electron chi connectivity index (χ4n) is 16.2. The molecule has 13 aromatic carbocycles. The molecule has 0 bridgehead atoms. The van der Waals surface area contributed by atoms with E-state index >= 15 is 0 Å². The van der Waals surface area contributed by atoms with Gasteiger partial charge in [0, 0.05) is 39.4 Å². The summed E-state index contributed by atoms with van der Waals surface area (Å²) in [5.41, 5.74) is 34.2. The van der Waals surface area contributed by atoms with Gasteiger partial charge in [0.2, 0.25) is 0 Å². The van der Waals surface area contributed by atoms with Crippen LogP contribution in [0.2, 0.25) is 0 Å². The first-order valence-electron chi connectivity index (χ1n) is 35.2. The molecule has 478 valence electrons. The van der Waals surface area contributed by atoms with E-state index in [0.29, 0.717) is 0 Å². The smallest absolute Gasteiger partial charge is 0.252 e. The fraction of sp³-hybridized carbons (Fsp3) is 0.179. The van der Waals surface area contributed by atoms with Gasteiger partial charge in [0.15, 0.2) is 0 Å². The van der Waals surface area contributed by atoms with Crippen molar-refractivity contribution in [3.8, 4) is 66.8 Å². The summed E-state index contributed by atoms with van der Waals surface area (Å²) in [6.07, 6.45) is 0. The molecule has 13 aromatic rings. The maximum atomic E-state index is 2.71. The fourth-order valence-corrected chi connectivity index (χ4v) is 16.2. The van der Waals surface area contributed by atoms with Gasteiger partial charge in [-0.3, -0.25) is 0 Å². The van der Waals surface area contributed by atoms with Gasteiger partial charge in [0.25, 0.3) is 6.71 Å². The maximum absolute atomic E-state index is 2.71. The molecule has 16 rings (SSSR count). The average Bonchev–Trinajstić information content (AvgIpc) is 1.16. The van der Waals surface area contributed by atoms with Crippen LogP contribution in [0.25, 0.3) is 66.8 Å². The molecule has 0 N–H and O–H groups in total. The summed E-state index contributed by atoms with van der Waals surface area (Å²) in [5, 5.41) is 0. The third-order valence-electron chi connectivity index (χ3n) is 21.3. The Morgan fingerprint density at radius 1 is 0.255 bits per heavy atom. The Labute approximate surface area is 582 Å². The van der Waals surface area contributed by atoms with Gasteiger partial charge in [0.05, 0.1) is 16.8 Å². The van der Waals surface area contributed by atoms with Crippen molar-refractivity contribution in [3.05, 3.63) is 342 Å². The van der Waals surface area contributed by atoms with Crippen molar-refractivity contribution in [3.63, 3.8) is 0 Å². The molecule has 0 unspecified atom stereocenters. The van der Waals surface area contributed by atoms with Crippen molar-refractivity contribution >= 4 is 57.2 Å². The van der Waals surface area contributed by atoms with Crippen molar-refractivity contribution in [2.75, 3.05) is 9.80 Å². The van der Waals surface area contributed by atoms with Gasteiger partial charge in [-0.2, -0.15) is 0 Å². The zero-order chi connectivity index (χ0) is 67.6. The molecular weight excluding hydrogens is 1180 g/mol. The lowest BCUT2D eigenvalue weighted by Gasteiger charge is -2.46. The highest BCUT2D eigenvalue weighted by Crippen LogP contribution is 2.60. The topological polar surface area (TPSA) is 6.48 Å². The second-order valence-electron chi connectivity index (χ2n) is 31.7. The molecular formula is C95H85BN2. The van der Waals surface area contributed by atoms with Crippen LogP contribution < -0.4 is 26.2 Å². The summed E-state index contributed by atoms with van der Waals surface area (Å²) >= 11 is 0. The van der Waals surface area contributed by atoms with Crippen LogP contribution >= 0.6 is 0 Å². The predicted octanol–water partition coefficient (Wildman–Crippen LogP) is 23.7. The van der Waals surface area contributed by atoms with E-state index in [0.717, 1.165) is 56.3 Å². The first-order chi connectivity index (χ1) is 47.2. The molecule has 0 fully saturated rings. The molecule has 0 atom stereocenters. The van der Waals surface area contributed by atoms with Crippen LogP contribution in [0.1, 0.15) is 128 Å². The first kappa shape index (κ1) is 62.3. The van der Waals surface area contributed by atoms with Crippen molar-refractivity contribution in [1.29, 1.82) is 0 Å². The van der Waals surface area contributed by atoms with Crippen LogP contribution in [-0.4, -0.2) is 6.71 Å². The number of benzene rings is 13. The van der Waals surface area contributed by atoms with Gasteiger partial charge in [-0.1, -0.05) is 344 Å². The Morgan fingerprint density at radius 2 is 0.704 bits per heavy atom. The van der Waals surface area contributed by atoms with E-state index in [1.54, 1.807) is 0 Å². The van der Waals surface area contributed by atoms with Crippen LogP contribution in [0.3, 0.4) is 0 Å². The third-order valence-corrected chi connectivity index (χ3v) is 21.3. The third kappa shape index (κ3) is 10.3. The molecule has 0 aromatic heterocycles. The summed E-state index contributed by atoms with van der Waals surface area (Å²) in [5.74, 6) is 0. The van der Waals surface area contributed by atoms with Crippen LogP contribution in [-0.2, 0) is 27.1 Å². The SMILES string of the molecule is CC(C)(C)c1cc(-c2ccc3c(c2)B2c4ccc(C(C)(C)C)cc4N(c4ccc(C(C)(C)C)cc4-c4ccccc4)c4cc(-c5cccc6c5C(c5ccccc5)(c5ccccc5)c5ccccc5-6)cc(c42)N3c2c(-c3ccccc3)cccc2-c2ccccc2)cc(C(C)(C)C)c1. The van der Waals surface area contributed by atoms with E-state index in [2.05, 4.69) is 390 Å². The van der Waals surface area contributed by atoms with Gasteiger partial charge >= 0.3 is 0 Å². The molecule has 2 heterocycles. The highest BCUT2D eigenvalue weighted by Gasteiger charge is 2.50. The monoisotopic (exact) mass is 1260 g/mol. The molecule has 98 heavy (non-hydrogen) atoms. The molecule has 2 aliphatic heterocycles. The first-order valence-corrected chi connectivity index (χ1v) is 35.2. The average molecular weight is 1270 g/mol. The van der Waals surface area contributed by atoms with E-state index in [1.807, 2.05) is 0 Å². The van der Waals surface area contributed by atoms with Gasteiger partial charge < -0.3 is 9.80 Å². The van der Waals surface area contributed by atoms with Crippen molar-refractivity contribution < 1.29 is 0 Å². The van der Waals surface area contributed by atoms with Crippen molar-refractivity contribution in [2.24, 2.45) is 0 Å². The van der Waals surface area contributed by atoms with E-state index in [-0.39, 0.29) is 28.4 Å². The number of hydrogen-bond donors (Lipinski definition) is 0. The zero-order valence-electron chi connectivity index (χ0n) is 58.8. The largest absolute Gasteiger partial charge is 0.311 e. The quantitative estimate of drug-likeness (QED) is 0.133. The van der Waals surface area contributed by atoms with Gasteiger partial charge in [-0.25, -0.2) is 0 Å². The Bertz CT molecular complexity index is 5100. The Morgan fingerprint density at radius 3 is 1.26 bits per heavy atom. The van der Waals surface area contributed by atoms with Crippen molar-refractivity contribution in [2.45, 2.75) is 110 Å². The molecule has 2 nitrogen and oxygen atoms in total. The summed E-state index contributed by atoms with van der Waals surface area (Å²) in [7, 11) is 0. The normalized spacial score (nSPS) is 13.7. The highest BCUT2D eigenvalue weighted by atomic mass is 15.2. The minimum Gasteiger partial charge on any atom is -0.311 e. The van der Waals surface area contributed by atoms with Gasteiger partial charge in [0.1, 0.15) is 0 Å². The van der Waals surface area contributed by atoms with Crippen molar-refractivity contribution in [1.82, 2.24) is 0 Å². The second-order valence-corrected chi connectivity index (χ2v) is 31.7. The Hall–Kier alpha value is -10.5. The summed E-state index contributed by atoms with van der Waals surface area (Å²) in [6.45, 7) is 28.0. The minimum absolute atomic E-state index is 0.0781. The number of fused-ring (bicyclic) bond motifs is 7. The molecule has 3 aliphatic rings. The summed E-state index contributed by atoms with van der Waals surface area (Å²) in [6, 6.07) is 114. The number of anilines is 6. The summed E-state index contributed by atoms with van der Waals surface area (Å²) < 4.78 is 0. The predicted molar refractivity (Wildman–Crippen MR) is 420 cm³/mol. The molecule has 0 saturated carbocycles. The van der Waals surface area contributed by atoms with E-state index in [1.165, 1.54) is 106 Å². The van der Waals surface area contributed by atoms with Gasteiger partial charge in [-0.15, -0.1) is 0 Å². The van der Waals surface area contributed by atoms with Crippen LogP contribution in [0, 0.1) is 0 Å². The van der Waals surface area contributed by atoms with Crippen LogP contribution in [0.5, 0.6) is 0 Å². The van der Waals surface area contributed by atoms with E-state index < -0.39 is 5.41 Å². The van der Waals surface area contributed by atoms with E-state index in [9.17, 15) is 0 Å². The lowest BCUT2D eigenvalue weighted by atomic mass is 9.33. The minimum atomic E-state index is -0.682. The Kier molecular flexibility index (Phi) is 14.9. The Balaban J connectivity index is 1.11. The molecule has 0 saturated heterocycles. The summed E-state index contributed by atoms with van der Waals surface area (Å²) in [4.78, 5) is 5.41. The highest BCUT2D eigenvalue weighted by molar-refractivity contribution is 7.00. The standard InChI is InChI=1S/C95H85BN2/c1-91(2,3)70-50-53-83(79(60-70)64-36-22-15-23-37-64)97-85-61-71(92(4,5)6)49-51-81(85)96-82-56-65(66-54-72(93(7,8)9)59-73(55-66)94(10,11)12)48-52-84(82)98(90-75(62-32-18-13-19-33-62)44-31-45-76(90)63-34-20-14-21-35-63)87-58-67(57-86(97)89(87)96)74-43-30-46-78-77-42-28-29-47-80(77)95(88(74)78,68-38-24-16-25-39-68)69-40-26-17-27-41-69/h13-61H,1-12H3. The maximum Gasteiger partial charge on any atom is 0.252 e. The van der Waals surface area contributed by atoms with E-state index in [4.69, 9.17) is 0 Å². The van der Waals surface area contributed by atoms with Crippen LogP contribution in [0.4, 0.5) is 34.1 Å². The molecule has 0 radical (unpaired) electrons. The second kappa shape index (κ2) is 23.4. The molecule has 1 aliphatic carbocycles. The molecule has 3 heteroatoms.